The van der Waals surface area contributed by atoms with E-state index in [1.807, 2.05) is 0 Å². The molecule has 1 unspecified atom stereocenters. The molecule has 2 heterocycles. The molecule has 112 valence electrons. The predicted molar refractivity (Wildman–Crippen MR) is 73.8 cm³/mol. The standard InChI is InChI=1S/C15H17FN2O3/c1-15(20,13-3-2-6-21-13)10-18-14(19)5-4-11-7-12(16)9-17-8-11/h2-3,6-9,20H,4-5,10H2,1H3,(H,18,19). The number of aliphatic hydroxyl groups is 1. The molecule has 0 spiro atoms. The van der Waals surface area contributed by atoms with Crippen LogP contribution in [0.4, 0.5) is 4.39 Å². The Bertz CT molecular complexity index is 597. The second kappa shape index (κ2) is 6.49. The average molecular weight is 292 g/mol. The fourth-order valence-corrected chi connectivity index (χ4v) is 1.88. The van der Waals surface area contributed by atoms with E-state index in [-0.39, 0.29) is 18.9 Å². The van der Waals surface area contributed by atoms with Crippen LogP contribution in [0.15, 0.2) is 41.3 Å². The molecule has 2 aromatic heterocycles. The summed E-state index contributed by atoms with van der Waals surface area (Å²) >= 11 is 0. The number of nitrogens with zero attached hydrogens (tertiary/aromatic N) is 1. The molecule has 0 fully saturated rings. The molecule has 0 saturated carbocycles. The molecular formula is C15H17FN2O3. The van der Waals surface area contributed by atoms with E-state index in [4.69, 9.17) is 4.42 Å². The van der Waals surface area contributed by atoms with Crippen molar-refractivity contribution in [2.45, 2.75) is 25.4 Å². The van der Waals surface area contributed by atoms with Crippen molar-refractivity contribution in [2.75, 3.05) is 6.54 Å². The summed E-state index contributed by atoms with van der Waals surface area (Å²) in [7, 11) is 0. The van der Waals surface area contributed by atoms with Gasteiger partial charge in [0.05, 0.1) is 19.0 Å². The van der Waals surface area contributed by atoms with Crippen molar-refractivity contribution in [3.8, 4) is 0 Å². The zero-order valence-corrected chi connectivity index (χ0v) is 11.7. The number of rotatable bonds is 6. The van der Waals surface area contributed by atoms with Gasteiger partial charge in [0, 0.05) is 12.6 Å². The summed E-state index contributed by atoms with van der Waals surface area (Å²) < 4.78 is 18.1. The molecule has 5 nitrogen and oxygen atoms in total. The van der Waals surface area contributed by atoms with Crippen molar-refractivity contribution in [1.29, 1.82) is 0 Å². The largest absolute Gasteiger partial charge is 0.466 e. The molecule has 0 saturated heterocycles. The number of pyridine rings is 1. The van der Waals surface area contributed by atoms with Gasteiger partial charge in [-0.05, 0) is 37.1 Å². The molecule has 2 rings (SSSR count). The van der Waals surface area contributed by atoms with Gasteiger partial charge in [0.1, 0.15) is 17.2 Å². The van der Waals surface area contributed by atoms with Crippen molar-refractivity contribution >= 4 is 5.91 Å². The Morgan fingerprint density at radius 3 is 3.00 bits per heavy atom. The van der Waals surface area contributed by atoms with Crippen molar-refractivity contribution in [3.63, 3.8) is 0 Å². The lowest BCUT2D eigenvalue weighted by atomic mass is 10.0. The highest BCUT2D eigenvalue weighted by Crippen LogP contribution is 2.19. The number of furan rings is 1. The van der Waals surface area contributed by atoms with Gasteiger partial charge < -0.3 is 14.8 Å². The number of amides is 1. The molecule has 0 aliphatic heterocycles. The Balaban J connectivity index is 1.80. The Labute approximate surface area is 121 Å². The van der Waals surface area contributed by atoms with Gasteiger partial charge in [-0.15, -0.1) is 0 Å². The summed E-state index contributed by atoms with van der Waals surface area (Å²) in [5.74, 6) is -0.267. The van der Waals surface area contributed by atoms with Crippen LogP contribution in [0, 0.1) is 5.82 Å². The number of hydrogen-bond donors (Lipinski definition) is 2. The first-order valence-electron chi connectivity index (χ1n) is 6.60. The number of aryl methyl sites for hydroxylation is 1. The molecule has 0 radical (unpaired) electrons. The lowest BCUT2D eigenvalue weighted by Gasteiger charge is -2.21. The SMILES string of the molecule is CC(O)(CNC(=O)CCc1cncc(F)c1)c1ccco1. The topological polar surface area (TPSA) is 75.4 Å². The third-order valence-electron chi connectivity index (χ3n) is 3.08. The summed E-state index contributed by atoms with van der Waals surface area (Å²) in [6.45, 7) is 1.60. The van der Waals surface area contributed by atoms with Crippen molar-refractivity contribution < 1.29 is 18.7 Å². The zero-order valence-electron chi connectivity index (χ0n) is 11.7. The number of carbonyl (C=O) groups is 1. The Kier molecular flexibility index (Phi) is 4.70. The van der Waals surface area contributed by atoms with Gasteiger partial charge in [-0.25, -0.2) is 4.39 Å². The highest BCUT2D eigenvalue weighted by atomic mass is 19.1. The lowest BCUT2D eigenvalue weighted by Crippen LogP contribution is -2.38. The maximum absolute atomic E-state index is 12.9. The molecule has 2 aromatic rings. The summed E-state index contributed by atoms with van der Waals surface area (Å²) in [6, 6.07) is 4.66. The maximum Gasteiger partial charge on any atom is 0.220 e. The molecule has 0 bridgehead atoms. The minimum Gasteiger partial charge on any atom is -0.466 e. The summed E-state index contributed by atoms with van der Waals surface area (Å²) in [5, 5.41) is 12.8. The fraction of sp³-hybridized carbons (Fsp3) is 0.333. The van der Waals surface area contributed by atoms with Gasteiger partial charge in [0.2, 0.25) is 5.91 Å². The van der Waals surface area contributed by atoms with E-state index in [1.165, 1.54) is 18.5 Å². The van der Waals surface area contributed by atoms with Crippen LogP contribution in [0.25, 0.3) is 0 Å². The predicted octanol–water partition coefficient (Wildman–Crippen LogP) is 1.77. The first-order chi connectivity index (χ1) is 9.97. The van der Waals surface area contributed by atoms with Crippen LogP contribution in [-0.4, -0.2) is 22.5 Å². The Morgan fingerprint density at radius 1 is 1.52 bits per heavy atom. The van der Waals surface area contributed by atoms with Gasteiger partial charge in [0.15, 0.2) is 0 Å². The van der Waals surface area contributed by atoms with Crippen LogP contribution in [-0.2, 0) is 16.8 Å². The van der Waals surface area contributed by atoms with E-state index in [0.717, 1.165) is 6.20 Å². The van der Waals surface area contributed by atoms with Gasteiger partial charge in [-0.3, -0.25) is 9.78 Å². The lowest BCUT2D eigenvalue weighted by molar-refractivity contribution is -0.122. The maximum atomic E-state index is 12.9. The molecule has 2 N–H and O–H groups in total. The number of aromatic nitrogens is 1. The van der Waals surface area contributed by atoms with Gasteiger partial charge in [0.25, 0.3) is 0 Å². The minimum atomic E-state index is -1.26. The summed E-state index contributed by atoms with van der Waals surface area (Å²) in [6.07, 6.45) is 4.68. The van der Waals surface area contributed by atoms with Gasteiger partial charge >= 0.3 is 0 Å². The minimum absolute atomic E-state index is 0.0424. The zero-order chi connectivity index (χ0) is 15.3. The van der Waals surface area contributed by atoms with E-state index in [0.29, 0.717) is 17.7 Å². The van der Waals surface area contributed by atoms with Crippen LogP contribution in [0.1, 0.15) is 24.7 Å². The molecule has 0 aromatic carbocycles. The second-order valence-electron chi connectivity index (χ2n) is 5.04. The van der Waals surface area contributed by atoms with Crippen molar-refractivity contribution in [2.24, 2.45) is 0 Å². The summed E-state index contributed by atoms with van der Waals surface area (Å²) in [4.78, 5) is 15.5. The quantitative estimate of drug-likeness (QED) is 0.851. The van der Waals surface area contributed by atoms with E-state index >= 15 is 0 Å². The van der Waals surface area contributed by atoms with Crippen LogP contribution in [0.2, 0.25) is 0 Å². The highest BCUT2D eigenvalue weighted by Gasteiger charge is 2.26. The van der Waals surface area contributed by atoms with Crippen LogP contribution < -0.4 is 5.32 Å². The van der Waals surface area contributed by atoms with E-state index in [1.54, 1.807) is 19.1 Å². The smallest absolute Gasteiger partial charge is 0.220 e. The van der Waals surface area contributed by atoms with Crippen LogP contribution in [0.3, 0.4) is 0 Å². The summed E-state index contributed by atoms with van der Waals surface area (Å²) in [5.41, 5.74) is -0.609. The molecule has 6 heteroatoms. The van der Waals surface area contributed by atoms with Crippen molar-refractivity contribution in [1.82, 2.24) is 10.3 Å². The third kappa shape index (κ3) is 4.39. The first kappa shape index (κ1) is 15.2. The Morgan fingerprint density at radius 2 is 2.33 bits per heavy atom. The average Bonchev–Trinajstić information content (AvgIpc) is 2.98. The molecule has 1 atom stereocenters. The van der Waals surface area contributed by atoms with Crippen molar-refractivity contribution in [3.05, 3.63) is 54.0 Å². The molecule has 1 amide bonds. The third-order valence-corrected chi connectivity index (χ3v) is 3.08. The molecule has 0 aliphatic rings. The van der Waals surface area contributed by atoms with E-state index < -0.39 is 11.4 Å². The molecule has 21 heavy (non-hydrogen) atoms. The normalized spacial score (nSPS) is 13.7. The van der Waals surface area contributed by atoms with Gasteiger partial charge in [-0.1, -0.05) is 0 Å². The first-order valence-corrected chi connectivity index (χ1v) is 6.60. The molecule has 0 aliphatic carbocycles. The van der Waals surface area contributed by atoms with E-state index in [9.17, 15) is 14.3 Å². The number of carbonyl (C=O) groups excluding carboxylic acids is 1. The van der Waals surface area contributed by atoms with Crippen LogP contribution in [0.5, 0.6) is 0 Å². The number of halogens is 1. The number of nitrogens with one attached hydrogen (secondary N) is 1. The molecular weight excluding hydrogens is 275 g/mol. The second-order valence-corrected chi connectivity index (χ2v) is 5.04. The highest BCUT2D eigenvalue weighted by molar-refractivity contribution is 5.76. The van der Waals surface area contributed by atoms with E-state index in [2.05, 4.69) is 10.3 Å². The Hall–Kier alpha value is -2.21. The monoisotopic (exact) mass is 292 g/mol. The fourth-order valence-electron chi connectivity index (χ4n) is 1.88. The number of hydrogen-bond acceptors (Lipinski definition) is 4. The van der Waals surface area contributed by atoms with Gasteiger partial charge in [-0.2, -0.15) is 0 Å². The van der Waals surface area contributed by atoms with Crippen LogP contribution >= 0.6 is 0 Å².